The molecule has 3 aliphatic carbocycles. The fraction of sp³-hybridized carbons (Fsp3) is 0.590. The van der Waals surface area contributed by atoms with Crippen LogP contribution in [0.25, 0.3) is 0 Å². The molecule has 4 rings (SSSR count). The molecule has 1 amide bonds. The molecule has 0 aromatic carbocycles. The predicted octanol–water partition coefficient (Wildman–Crippen LogP) is 11.9. The number of allylic oxidation sites excluding steroid dienone is 11. The number of hydrogen-bond donors (Lipinski definition) is 5. The normalized spacial score (nSPS) is 26.3. The highest BCUT2D eigenvalue weighted by Crippen LogP contribution is 2.61. The number of aliphatic hydroxyl groups is 3. The van der Waals surface area contributed by atoms with Crippen molar-refractivity contribution in [2.75, 3.05) is 19.7 Å². The molecular weight excluding hydrogens is 887 g/mol. The number of hydrogen-bond acceptors (Lipinski definition) is 8. The van der Waals surface area contributed by atoms with E-state index in [1.807, 2.05) is 25.4 Å². The molecular formula is C61H92N3O7+. The quantitative estimate of drug-likeness (QED) is 0.0125. The van der Waals surface area contributed by atoms with Gasteiger partial charge in [-0.25, -0.2) is 4.58 Å². The van der Waals surface area contributed by atoms with Crippen LogP contribution in [-0.2, 0) is 14.3 Å². The van der Waals surface area contributed by atoms with Crippen molar-refractivity contribution in [3.63, 3.8) is 0 Å². The SMILES string of the molecule is C=CC(O)/C=C(CCC)\C(=C/C)C1CC2CCC(C)C2(C)CC1C1C=CC(OCC[N+]2=CC(CN/C(=C(\CCC(C)CCC(O)C(C)/C=C(\C)CC)C(=O)C(=C)N(O)C(=O)/C=C/C=C\C)C(C)O)=C2)=CC1. The van der Waals surface area contributed by atoms with Gasteiger partial charge in [0.2, 0.25) is 5.78 Å². The minimum absolute atomic E-state index is 0.0303. The summed E-state index contributed by atoms with van der Waals surface area (Å²) in [6, 6.07) is 0. The maximum absolute atomic E-state index is 14.1. The number of rotatable bonds is 29. The average molecular weight is 979 g/mol. The third-order valence-corrected chi connectivity index (χ3v) is 16.2. The van der Waals surface area contributed by atoms with Crippen molar-refractivity contribution in [3.8, 4) is 0 Å². The smallest absolute Gasteiger partial charge is 0.274 e. The number of hydroxylamine groups is 2. The molecule has 1 heterocycles. The summed E-state index contributed by atoms with van der Waals surface area (Å²) < 4.78 is 8.39. The lowest BCUT2D eigenvalue weighted by atomic mass is 9.54. The average Bonchev–Trinajstić information content (AvgIpc) is 3.63. The van der Waals surface area contributed by atoms with E-state index in [2.05, 4.69) is 102 Å². The largest absolute Gasteiger partial charge is 0.487 e. The molecule has 2 saturated carbocycles. The standard InChI is InChI=1S/C61H91N3O7/c1-13-18-19-21-58(68)64(70)45(10)60(69)54(30-22-42(7)23-31-57(67)43(8)34-41(6)15-3)59(46(11)65)62-38-47-39-63(40-47)32-33-71-52-28-25-48(26-29-52)56-37-61(12)44(9)24-27-50(61)36-55(56)53(17-5)49(20-14-2)35-51(66)16-4/h13,16-19,21,25,28-29,34-35,39-40,42-44,46,48,50-51,55-57,65-67,70H,4,10,14-15,20,22-24,26-27,30-33,36-38H2,1-3,5-9,11-12H3/p+1/b18-13-,21-19+,41-34+,49-35-,53-17+. The minimum Gasteiger partial charge on any atom is -0.487 e. The zero-order valence-electron chi connectivity index (χ0n) is 45.2. The Morgan fingerprint density at radius 2 is 1.79 bits per heavy atom. The molecule has 0 aromatic heterocycles. The Balaban J connectivity index is 1.40. The van der Waals surface area contributed by atoms with Crippen LogP contribution < -0.4 is 5.32 Å². The van der Waals surface area contributed by atoms with E-state index in [4.69, 9.17) is 4.74 Å². The molecule has 0 saturated heterocycles. The summed E-state index contributed by atoms with van der Waals surface area (Å²) >= 11 is 0. The van der Waals surface area contributed by atoms with Gasteiger partial charge in [-0.2, -0.15) is 5.06 Å². The number of Topliss-reactive ketones (excluding diaryl/α,β-unsaturated/α-hetero) is 1. The van der Waals surface area contributed by atoms with Crippen molar-refractivity contribution < 1.29 is 39.4 Å². The fourth-order valence-corrected chi connectivity index (χ4v) is 11.4. The third kappa shape index (κ3) is 16.4. The van der Waals surface area contributed by atoms with Crippen LogP contribution in [0.3, 0.4) is 0 Å². The number of ether oxygens (including phenoxy) is 1. The molecule has 71 heavy (non-hydrogen) atoms. The first-order valence-corrected chi connectivity index (χ1v) is 26.9. The minimum atomic E-state index is -1.06. The summed E-state index contributed by atoms with van der Waals surface area (Å²) in [6.07, 6.45) is 33.8. The van der Waals surface area contributed by atoms with Crippen LogP contribution in [0.1, 0.15) is 146 Å². The topological polar surface area (TPSA) is 143 Å². The van der Waals surface area contributed by atoms with Crippen molar-refractivity contribution in [1.29, 1.82) is 0 Å². The van der Waals surface area contributed by atoms with Crippen molar-refractivity contribution in [1.82, 2.24) is 10.4 Å². The Morgan fingerprint density at radius 1 is 1.06 bits per heavy atom. The van der Waals surface area contributed by atoms with E-state index >= 15 is 0 Å². The van der Waals surface area contributed by atoms with Gasteiger partial charge in [0.05, 0.1) is 30.4 Å². The number of ketones is 1. The lowest BCUT2D eigenvalue weighted by Crippen LogP contribution is -2.42. The molecule has 11 atom stereocenters. The molecule has 5 N–H and O–H groups in total. The van der Waals surface area contributed by atoms with Gasteiger partial charge in [-0.15, -0.1) is 6.58 Å². The Morgan fingerprint density at radius 3 is 2.41 bits per heavy atom. The predicted molar refractivity (Wildman–Crippen MR) is 290 cm³/mol. The zero-order chi connectivity index (χ0) is 52.4. The molecule has 4 aliphatic rings. The summed E-state index contributed by atoms with van der Waals surface area (Å²) in [5, 5.41) is 46.9. The Bertz CT molecular complexity index is 2160. The highest BCUT2D eigenvalue weighted by molar-refractivity contribution is 6.10. The van der Waals surface area contributed by atoms with Crippen molar-refractivity contribution in [3.05, 3.63) is 131 Å². The van der Waals surface area contributed by atoms with Gasteiger partial charge in [-0.05, 0) is 169 Å². The number of nitrogens with zero attached hydrogens (tertiary/aromatic N) is 2. The van der Waals surface area contributed by atoms with E-state index in [0.29, 0.717) is 73.2 Å². The maximum Gasteiger partial charge on any atom is 0.274 e. The highest BCUT2D eigenvalue weighted by atomic mass is 16.5. The van der Waals surface area contributed by atoms with Crippen LogP contribution >= 0.6 is 0 Å². The monoisotopic (exact) mass is 979 g/mol. The lowest BCUT2D eigenvalue weighted by Gasteiger charge is -2.50. The number of carbonyl (C=O) groups excluding carboxylic acids is 2. The van der Waals surface area contributed by atoms with Crippen LogP contribution in [-0.4, -0.2) is 86.1 Å². The second-order valence-electron chi connectivity index (χ2n) is 21.3. The van der Waals surface area contributed by atoms with E-state index < -0.39 is 35.7 Å². The van der Waals surface area contributed by atoms with Crippen molar-refractivity contribution in [2.24, 2.45) is 46.8 Å². The maximum atomic E-state index is 14.1. The van der Waals surface area contributed by atoms with Gasteiger partial charge in [0, 0.05) is 23.3 Å². The summed E-state index contributed by atoms with van der Waals surface area (Å²) in [4.78, 5) is 26.8. The van der Waals surface area contributed by atoms with E-state index in [1.165, 1.54) is 48.5 Å². The Labute approximate surface area is 428 Å². The fourth-order valence-electron chi connectivity index (χ4n) is 11.4. The molecule has 0 radical (unpaired) electrons. The molecule has 11 unspecified atom stereocenters. The van der Waals surface area contributed by atoms with E-state index in [9.17, 15) is 30.1 Å². The number of fused-ring (bicyclic) bond motifs is 1. The number of carbonyl (C=O) groups is 2. The lowest BCUT2D eigenvalue weighted by molar-refractivity contribution is -0.466. The van der Waals surface area contributed by atoms with Crippen LogP contribution in [0.4, 0.5) is 0 Å². The third-order valence-electron chi connectivity index (χ3n) is 16.2. The molecule has 0 bridgehead atoms. The summed E-state index contributed by atoms with van der Waals surface area (Å²) in [5.74, 6) is 2.36. The zero-order valence-corrected chi connectivity index (χ0v) is 45.2. The van der Waals surface area contributed by atoms with Gasteiger partial charge in [0.25, 0.3) is 5.91 Å². The molecule has 392 valence electrons. The van der Waals surface area contributed by atoms with E-state index in [0.717, 1.165) is 49.5 Å². The molecule has 0 aromatic rings. The van der Waals surface area contributed by atoms with Gasteiger partial charge in [0.1, 0.15) is 18.1 Å². The van der Waals surface area contributed by atoms with Crippen LogP contribution in [0.5, 0.6) is 0 Å². The first kappa shape index (κ1) is 59.0. The second-order valence-corrected chi connectivity index (χ2v) is 21.3. The molecule has 2 fully saturated rings. The van der Waals surface area contributed by atoms with Crippen molar-refractivity contribution >= 4 is 17.9 Å². The molecule has 1 aliphatic heterocycles. The molecule has 10 heteroatoms. The van der Waals surface area contributed by atoms with Crippen molar-refractivity contribution in [2.45, 2.75) is 165 Å². The van der Waals surface area contributed by atoms with Gasteiger partial charge in [-0.1, -0.05) is 103 Å². The van der Waals surface area contributed by atoms with Crippen LogP contribution in [0.2, 0.25) is 0 Å². The number of nitrogens with one attached hydrogen (secondary N) is 1. The first-order chi connectivity index (χ1) is 33.8. The van der Waals surface area contributed by atoms with Gasteiger partial charge in [0.15, 0.2) is 19.0 Å². The highest BCUT2D eigenvalue weighted by Gasteiger charge is 2.52. The summed E-state index contributed by atoms with van der Waals surface area (Å²) in [6.45, 7) is 30.2. The summed E-state index contributed by atoms with van der Waals surface area (Å²) in [5.41, 5.74) is 5.37. The van der Waals surface area contributed by atoms with E-state index in [-0.39, 0.29) is 28.9 Å². The van der Waals surface area contributed by atoms with Crippen LogP contribution in [0, 0.1) is 46.8 Å². The first-order valence-electron chi connectivity index (χ1n) is 26.9. The Kier molecular flexibility index (Phi) is 23.7. The van der Waals surface area contributed by atoms with Gasteiger partial charge < -0.3 is 25.4 Å². The van der Waals surface area contributed by atoms with Gasteiger partial charge >= 0.3 is 0 Å². The molecule has 0 spiro atoms. The summed E-state index contributed by atoms with van der Waals surface area (Å²) in [7, 11) is 0. The second kappa shape index (κ2) is 28.6. The molecule has 10 nitrogen and oxygen atoms in total. The number of amides is 1. The van der Waals surface area contributed by atoms with E-state index in [1.54, 1.807) is 32.1 Å². The Hall–Kier alpha value is -4.61. The van der Waals surface area contributed by atoms with Crippen LogP contribution in [0.15, 0.2) is 131 Å². The van der Waals surface area contributed by atoms with Gasteiger partial charge in [-0.3, -0.25) is 14.8 Å². The number of aliphatic hydroxyl groups excluding tert-OH is 3.